The molecule has 0 saturated carbocycles. The summed E-state index contributed by atoms with van der Waals surface area (Å²) in [4.78, 5) is 4.40. The molecule has 2 aromatic rings. The first-order valence-corrected chi connectivity index (χ1v) is 5.66. The molecule has 3 rings (SSSR count). The number of aromatic nitrogens is 1. The lowest BCUT2D eigenvalue weighted by Gasteiger charge is -2.20. The average molecular weight is 247 g/mol. The molecular formula is C13H13NO4. The number of nitrogens with zero attached hydrogens (tertiary/aromatic N) is 1. The van der Waals surface area contributed by atoms with Gasteiger partial charge in [0.15, 0.2) is 5.76 Å². The van der Waals surface area contributed by atoms with Crippen LogP contribution >= 0.6 is 0 Å². The van der Waals surface area contributed by atoms with Gasteiger partial charge >= 0.3 is 0 Å². The average Bonchev–Trinajstić information content (AvgIpc) is 2.83. The topological polar surface area (TPSA) is 64.7 Å². The first-order valence-electron chi connectivity index (χ1n) is 5.66. The highest BCUT2D eigenvalue weighted by Gasteiger charge is 2.26. The summed E-state index contributed by atoms with van der Waals surface area (Å²) in [5.41, 5.74) is 2.02. The van der Waals surface area contributed by atoms with Crippen LogP contribution in [0.1, 0.15) is 17.7 Å². The molecule has 5 heteroatoms. The third kappa shape index (κ3) is 1.37. The number of aliphatic hydroxyl groups excluding tert-OH is 1. The number of rotatable bonds is 2. The van der Waals surface area contributed by atoms with E-state index in [1.165, 1.54) is 7.11 Å². The minimum absolute atomic E-state index is 0.213. The molecule has 0 unspecified atom stereocenters. The molecule has 1 aliphatic carbocycles. The van der Waals surface area contributed by atoms with Gasteiger partial charge in [0.25, 0.3) is 0 Å². The van der Waals surface area contributed by atoms with Crippen molar-refractivity contribution in [2.24, 2.45) is 0 Å². The zero-order valence-corrected chi connectivity index (χ0v) is 10.2. The van der Waals surface area contributed by atoms with Gasteiger partial charge in [-0.3, -0.25) is 0 Å². The largest absolute Gasteiger partial charge is 0.508 e. The Hall–Kier alpha value is -2.17. The summed E-state index contributed by atoms with van der Waals surface area (Å²) in [5.74, 6) is 1.35. The van der Waals surface area contributed by atoms with Crippen LogP contribution < -0.4 is 4.74 Å². The fraction of sp³-hybridized carbons (Fsp3) is 0.308. The van der Waals surface area contributed by atoms with Crippen molar-refractivity contribution in [1.29, 1.82) is 0 Å². The van der Waals surface area contributed by atoms with Crippen molar-refractivity contribution in [3.8, 4) is 5.75 Å². The molecule has 0 amide bonds. The van der Waals surface area contributed by atoms with E-state index in [0.717, 1.165) is 16.7 Å². The van der Waals surface area contributed by atoms with Crippen molar-refractivity contribution < 1.29 is 19.0 Å². The number of ether oxygens (including phenoxy) is 2. The van der Waals surface area contributed by atoms with E-state index >= 15 is 0 Å². The third-order valence-corrected chi connectivity index (χ3v) is 3.16. The van der Waals surface area contributed by atoms with Gasteiger partial charge in [-0.2, -0.15) is 0 Å². The summed E-state index contributed by atoms with van der Waals surface area (Å²) in [5, 5.41) is 10.7. The molecule has 0 fully saturated rings. The summed E-state index contributed by atoms with van der Waals surface area (Å²) < 4.78 is 16.0. The number of pyridine rings is 1. The van der Waals surface area contributed by atoms with Crippen LogP contribution in [-0.2, 0) is 11.2 Å². The number of hydrogen-bond acceptors (Lipinski definition) is 5. The first kappa shape index (κ1) is 11.0. The van der Waals surface area contributed by atoms with Gasteiger partial charge in [0.2, 0.25) is 5.71 Å². The van der Waals surface area contributed by atoms with Crippen LogP contribution in [0.15, 0.2) is 22.5 Å². The van der Waals surface area contributed by atoms with Gasteiger partial charge in [0.05, 0.1) is 25.9 Å². The second-order valence-electron chi connectivity index (χ2n) is 4.09. The number of methoxy groups -OCH3 is 2. The zero-order valence-electron chi connectivity index (χ0n) is 10.2. The predicted molar refractivity (Wildman–Crippen MR) is 65.4 cm³/mol. The van der Waals surface area contributed by atoms with Crippen molar-refractivity contribution in [3.63, 3.8) is 0 Å². The van der Waals surface area contributed by atoms with Gasteiger partial charge < -0.3 is 19.0 Å². The first-order chi connectivity index (χ1) is 8.76. The standard InChI is InChI=1S/C13H13NO4/c1-16-11-7-3-4-9(15)12(17-2)10(7)14-13-8(11)5-6-18-13/h5-6,15H,3-4H2,1-2H3. The summed E-state index contributed by atoms with van der Waals surface area (Å²) >= 11 is 0. The molecule has 0 atom stereocenters. The zero-order chi connectivity index (χ0) is 12.7. The fourth-order valence-corrected chi connectivity index (χ4v) is 2.36. The second kappa shape index (κ2) is 3.94. The molecule has 2 heterocycles. The highest BCUT2D eigenvalue weighted by molar-refractivity contribution is 5.86. The number of furan rings is 1. The van der Waals surface area contributed by atoms with Crippen LogP contribution in [0.4, 0.5) is 0 Å². The van der Waals surface area contributed by atoms with Crippen molar-refractivity contribution >= 4 is 16.9 Å². The molecular weight excluding hydrogens is 234 g/mol. The second-order valence-corrected chi connectivity index (χ2v) is 4.09. The van der Waals surface area contributed by atoms with Crippen molar-refractivity contribution in [2.75, 3.05) is 14.2 Å². The lowest BCUT2D eigenvalue weighted by molar-refractivity contribution is 0.309. The maximum atomic E-state index is 9.85. The van der Waals surface area contributed by atoms with Crippen molar-refractivity contribution in [2.45, 2.75) is 12.8 Å². The van der Waals surface area contributed by atoms with Crippen LogP contribution in [-0.4, -0.2) is 24.3 Å². The molecule has 0 aliphatic heterocycles. The fourth-order valence-electron chi connectivity index (χ4n) is 2.36. The summed E-state index contributed by atoms with van der Waals surface area (Å²) in [6.45, 7) is 0. The minimum atomic E-state index is 0.213. The quantitative estimate of drug-likeness (QED) is 0.883. The Morgan fingerprint density at radius 1 is 1.28 bits per heavy atom. The monoisotopic (exact) mass is 247 g/mol. The Bertz CT molecular complexity index is 642. The number of fused-ring (bicyclic) bond motifs is 2. The maximum absolute atomic E-state index is 9.85. The smallest absolute Gasteiger partial charge is 0.230 e. The Morgan fingerprint density at radius 2 is 2.11 bits per heavy atom. The van der Waals surface area contributed by atoms with E-state index in [-0.39, 0.29) is 5.76 Å². The molecule has 5 nitrogen and oxygen atoms in total. The molecule has 0 radical (unpaired) electrons. The van der Waals surface area contributed by atoms with E-state index in [0.29, 0.717) is 30.0 Å². The van der Waals surface area contributed by atoms with E-state index < -0.39 is 0 Å². The van der Waals surface area contributed by atoms with E-state index in [4.69, 9.17) is 13.9 Å². The molecule has 94 valence electrons. The van der Waals surface area contributed by atoms with Crippen molar-refractivity contribution in [1.82, 2.24) is 4.98 Å². The van der Waals surface area contributed by atoms with Gasteiger partial charge in [-0.15, -0.1) is 0 Å². The molecule has 0 spiro atoms. The van der Waals surface area contributed by atoms with E-state index in [9.17, 15) is 5.11 Å². The van der Waals surface area contributed by atoms with Crippen LogP contribution in [0.3, 0.4) is 0 Å². The number of allylic oxidation sites excluding steroid dienone is 1. The van der Waals surface area contributed by atoms with E-state index in [2.05, 4.69) is 4.98 Å². The van der Waals surface area contributed by atoms with Crippen LogP contribution in [0, 0.1) is 0 Å². The molecule has 0 aromatic carbocycles. The Kier molecular flexibility index (Phi) is 2.40. The lowest BCUT2D eigenvalue weighted by atomic mass is 9.97. The highest BCUT2D eigenvalue weighted by Crippen LogP contribution is 2.39. The number of aliphatic hydroxyl groups is 1. The van der Waals surface area contributed by atoms with Gasteiger partial charge in [0, 0.05) is 12.0 Å². The third-order valence-electron chi connectivity index (χ3n) is 3.16. The Balaban J connectivity index is 2.36. The van der Waals surface area contributed by atoms with E-state index in [1.54, 1.807) is 13.4 Å². The molecule has 0 bridgehead atoms. The highest BCUT2D eigenvalue weighted by atomic mass is 16.5. The molecule has 2 aromatic heterocycles. The normalized spacial score (nSPS) is 14.8. The molecule has 1 N–H and O–H groups in total. The van der Waals surface area contributed by atoms with Crippen LogP contribution in [0.2, 0.25) is 0 Å². The van der Waals surface area contributed by atoms with Crippen LogP contribution in [0.5, 0.6) is 5.75 Å². The van der Waals surface area contributed by atoms with Gasteiger partial charge in [-0.1, -0.05) is 0 Å². The Labute approximate surface area is 104 Å². The van der Waals surface area contributed by atoms with Gasteiger partial charge in [0.1, 0.15) is 17.2 Å². The molecule has 18 heavy (non-hydrogen) atoms. The predicted octanol–water partition coefficient (Wildman–Crippen LogP) is 2.66. The summed E-state index contributed by atoms with van der Waals surface area (Å²) in [6, 6.07) is 1.83. The van der Waals surface area contributed by atoms with Crippen LogP contribution in [0.25, 0.3) is 16.9 Å². The lowest BCUT2D eigenvalue weighted by Crippen LogP contribution is -2.10. The minimum Gasteiger partial charge on any atom is -0.508 e. The molecule has 0 saturated heterocycles. The Morgan fingerprint density at radius 3 is 2.83 bits per heavy atom. The maximum Gasteiger partial charge on any atom is 0.230 e. The van der Waals surface area contributed by atoms with Crippen molar-refractivity contribution in [3.05, 3.63) is 29.3 Å². The summed E-state index contributed by atoms with van der Waals surface area (Å²) in [7, 11) is 3.13. The van der Waals surface area contributed by atoms with Gasteiger partial charge in [-0.05, 0) is 12.5 Å². The van der Waals surface area contributed by atoms with E-state index in [1.807, 2.05) is 6.07 Å². The van der Waals surface area contributed by atoms with Gasteiger partial charge in [-0.25, -0.2) is 4.98 Å². The summed E-state index contributed by atoms with van der Waals surface area (Å²) in [6.07, 6.45) is 2.77. The molecule has 1 aliphatic rings. The SMILES string of the molecule is COC1=C(O)CCc2c1nc1occc1c2OC. The number of hydrogen-bond donors (Lipinski definition) is 1.